The number of carbonyl (C=O) groups excluding carboxylic acids is 1. The predicted octanol–water partition coefficient (Wildman–Crippen LogP) is 2.58. The van der Waals surface area contributed by atoms with Crippen LogP contribution in [-0.2, 0) is 11.2 Å². The van der Waals surface area contributed by atoms with Crippen molar-refractivity contribution in [2.45, 2.75) is 12.8 Å². The lowest BCUT2D eigenvalue weighted by atomic mass is 10.1. The Kier molecular flexibility index (Phi) is 4.37. The molecular formula is C16H14FN5O. The minimum Gasteiger partial charge on any atom is -0.326 e. The second-order valence-electron chi connectivity index (χ2n) is 4.99. The molecule has 3 rings (SSSR count). The Balaban J connectivity index is 1.59. The molecule has 116 valence electrons. The first-order valence-corrected chi connectivity index (χ1v) is 7.09. The van der Waals surface area contributed by atoms with Crippen molar-refractivity contribution in [3.05, 3.63) is 59.9 Å². The van der Waals surface area contributed by atoms with E-state index in [-0.39, 0.29) is 11.7 Å². The van der Waals surface area contributed by atoms with E-state index in [4.69, 9.17) is 0 Å². The van der Waals surface area contributed by atoms with Gasteiger partial charge in [-0.2, -0.15) is 5.21 Å². The van der Waals surface area contributed by atoms with Crippen molar-refractivity contribution in [2.75, 3.05) is 5.32 Å². The first-order chi connectivity index (χ1) is 11.2. The van der Waals surface area contributed by atoms with Crippen LogP contribution in [0, 0.1) is 5.82 Å². The Labute approximate surface area is 131 Å². The summed E-state index contributed by atoms with van der Waals surface area (Å²) in [6.45, 7) is 0. The molecule has 0 atom stereocenters. The lowest BCUT2D eigenvalue weighted by Gasteiger charge is -2.06. The van der Waals surface area contributed by atoms with Gasteiger partial charge < -0.3 is 5.32 Å². The normalized spacial score (nSPS) is 10.5. The summed E-state index contributed by atoms with van der Waals surface area (Å²) in [5.74, 6) is 0.0727. The predicted molar refractivity (Wildman–Crippen MR) is 83.0 cm³/mol. The minimum atomic E-state index is -0.281. The fourth-order valence-electron chi connectivity index (χ4n) is 2.15. The van der Waals surface area contributed by atoms with Gasteiger partial charge in [0.1, 0.15) is 5.82 Å². The van der Waals surface area contributed by atoms with Crippen LogP contribution in [0.25, 0.3) is 11.4 Å². The van der Waals surface area contributed by atoms with E-state index in [1.165, 1.54) is 12.1 Å². The van der Waals surface area contributed by atoms with Gasteiger partial charge in [-0.25, -0.2) is 4.39 Å². The van der Waals surface area contributed by atoms with Gasteiger partial charge >= 0.3 is 0 Å². The van der Waals surface area contributed by atoms with E-state index < -0.39 is 0 Å². The van der Waals surface area contributed by atoms with Gasteiger partial charge in [0.15, 0.2) is 0 Å². The molecule has 6 nitrogen and oxygen atoms in total. The van der Waals surface area contributed by atoms with Crippen LogP contribution in [-0.4, -0.2) is 26.5 Å². The third-order valence-corrected chi connectivity index (χ3v) is 3.30. The molecule has 0 aliphatic carbocycles. The molecule has 0 bridgehead atoms. The number of anilines is 1. The Morgan fingerprint density at radius 1 is 1.17 bits per heavy atom. The summed E-state index contributed by atoms with van der Waals surface area (Å²) < 4.78 is 12.8. The first kappa shape index (κ1) is 14.8. The number of benzene rings is 2. The molecule has 7 heteroatoms. The number of rotatable bonds is 5. The molecule has 0 aliphatic heterocycles. The van der Waals surface area contributed by atoms with E-state index in [2.05, 4.69) is 25.9 Å². The van der Waals surface area contributed by atoms with Crippen molar-refractivity contribution in [3.63, 3.8) is 0 Å². The molecule has 0 saturated heterocycles. The molecule has 0 radical (unpaired) electrons. The zero-order chi connectivity index (χ0) is 16.1. The average molecular weight is 311 g/mol. The molecule has 0 aliphatic rings. The van der Waals surface area contributed by atoms with E-state index in [1.54, 1.807) is 30.3 Å². The van der Waals surface area contributed by atoms with Crippen LogP contribution >= 0.6 is 0 Å². The van der Waals surface area contributed by atoms with Crippen molar-refractivity contribution in [3.8, 4) is 11.4 Å². The van der Waals surface area contributed by atoms with Gasteiger partial charge in [0.2, 0.25) is 11.7 Å². The smallest absolute Gasteiger partial charge is 0.224 e. The van der Waals surface area contributed by atoms with Gasteiger partial charge in [0.05, 0.1) is 0 Å². The van der Waals surface area contributed by atoms with Crippen LogP contribution in [0.1, 0.15) is 12.0 Å². The molecule has 0 fully saturated rings. The van der Waals surface area contributed by atoms with E-state index in [9.17, 15) is 9.18 Å². The number of carbonyl (C=O) groups is 1. The van der Waals surface area contributed by atoms with Crippen molar-refractivity contribution < 1.29 is 9.18 Å². The van der Waals surface area contributed by atoms with Gasteiger partial charge in [-0.05, 0) is 41.5 Å². The zero-order valence-corrected chi connectivity index (χ0v) is 12.2. The van der Waals surface area contributed by atoms with Gasteiger partial charge in [-0.1, -0.05) is 24.3 Å². The maximum Gasteiger partial charge on any atom is 0.224 e. The standard InChI is InChI=1S/C16H14FN5O/c17-13-7-4-11(5-8-13)6-9-15(23)18-14-3-1-2-12(10-14)16-19-21-22-20-16/h1-5,7-8,10H,6,9H2,(H,18,23)(H,19,20,21,22). The second-order valence-corrected chi connectivity index (χ2v) is 4.99. The molecule has 0 spiro atoms. The van der Waals surface area contributed by atoms with Gasteiger partial charge in [0, 0.05) is 17.7 Å². The number of halogens is 1. The molecular weight excluding hydrogens is 297 g/mol. The van der Waals surface area contributed by atoms with Crippen LogP contribution in [0.4, 0.5) is 10.1 Å². The summed E-state index contributed by atoms with van der Waals surface area (Å²) >= 11 is 0. The summed E-state index contributed by atoms with van der Waals surface area (Å²) in [6.07, 6.45) is 0.870. The Morgan fingerprint density at radius 2 is 2.00 bits per heavy atom. The topological polar surface area (TPSA) is 83.6 Å². The van der Waals surface area contributed by atoms with Crippen LogP contribution in [0.5, 0.6) is 0 Å². The van der Waals surface area contributed by atoms with E-state index >= 15 is 0 Å². The van der Waals surface area contributed by atoms with Gasteiger partial charge in [-0.15, -0.1) is 10.2 Å². The highest BCUT2D eigenvalue weighted by molar-refractivity contribution is 5.91. The number of aryl methyl sites for hydroxylation is 1. The summed E-state index contributed by atoms with van der Waals surface area (Å²) in [6, 6.07) is 13.3. The van der Waals surface area contributed by atoms with Gasteiger partial charge in [-0.3, -0.25) is 4.79 Å². The fraction of sp³-hybridized carbons (Fsp3) is 0.125. The molecule has 2 N–H and O–H groups in total. The molecule has 23 heavy (non-hydrogen) atoms. The fourth-order valence-corrected chi connectivity index (χ4v) is 2.15. The number of nitrogens with zero attached hydrogens (tertiary/aromatic N) is 3. The third kappa shape index (κ3) is 3.97. The van der Waals surface area contributed by atoms with Crippen molar-refractivity contribution in [1.82, 2.24) is 20.6 Å². The highest BCUT2D eigenvalue weighted by Crippen LogP contribution is 2.18. The number of hydrogen-bond donors (Lipinski definition) is 2. The Bertz CT molecular complexity index is 786. The highest BCUT2D eigenvalue weighted by atomic mass is 19.1. The van der Waals surface area contributed by atoms with E-state index in [0.717, 1.165) is 11.1 Å². The molecule has 0 unspecified atom stereocenters. The van der Waals surface area contributed by atoms with Crippen LogP contribution in [0.15, 0.2) is 48.5 Å². The average Bonchev–Trinajstić information content (AvgIpc) is 3.09. The molecule has 2 aromatic carbocycles. The number of tetrazole rings is 1. The minimum absolute atomic E-state index is 0.111. The van der Waals surface area contributed by atoms with E-state index in [1.807, 2.05) is 6.07 Å². The molecule has 1 heterocycles. The van der Waals surface area contributed by atoms with Crippen molar-refractivity contribution >= 4 is 11.6 Å². The second kappa shape index (κ2) is 6.78. The Morgan fingerprint density at radius 3 is 2.74 bits per heavy atom. The number of amides is 1. The molecule has 3 aromatic rings. The molecule has 1 amide bonds. The summed E-state index contributed by atoms with van der Waals surface area (Å²) in [7, 11) is 0. The lowest BCUT2D eigenvalue weighted by Crippen LogP contribution is -2.12. The Hall–Kier alpha value is -3.09. The summed E-state index contributed by atoms with van der Waals surface area (Å²) in [4.78, 5) is 12.0. The number of H-pyrrole nitrogens is 1. The van der Waals surface area contributed by atoms with Crippen molar-refractivity contribution in [1.29, 1.82) is 0 Å². The molecule has 1 aromatic heterocycles. The lowest BCUT2D eigenvalue weighted by molar-refractivity contribution is -0.116. The SMILES string of the molecule is O=C(CCc1ccc(F)cc1)Nc1cccc(-c2nn[nH]n2)c1. The maximum absolute atomic E-state index is 12.8. The van der Waals surface area contributed by atoms with Crippen LogP contribution in [0.3, 0.4) is 0 Å². The van der Waals surface area contributed by atoms with Crippen molar-refractivity contribution in [2.24, 2.45) is 0 Å². The summed E-state index contributed by atoms with van der Waals surface area (Å²) in [5.41, 5.74) is 2.34. The number of nitrogens with one attached hydrogen (secondary N) is 2. The highest BCUT2D eigenvalue weighted by Gasteiger charge is 2.07. The number of hydrogen-bond acceptors (Lipinski definition) is 4. The zero-order valence-electron chi connectivity index (χ0n) is 12.2. The summed E-state index contributed by atoms with van der Waals surface area (Å²) in [5, 5.41) is 16.5. The van der Waals surface area contributed by atoms with Crippen LogP contribution in [0.2, 0.25) is 0 Å². The van der Waals surface area contributed by atoms with Crippen LogP contribution < -0.4 is 5.32 Å². The number of aromatic amines is 1. The maximum atomic E-state index is 12.8. The van der Waals surface area contributed by atoms with E-state index in [0.29, 0.717) is 24.4 Å². The quantitative estimate of drug-likeness (QED) is 0.758. The molecule has 0 saturated carbocycles. The first-order valence-electron chi connectivity index (χ1n) is 7.09. The number of aromatic nitrogens is 4. The largest absolute Gasteiger partial charge is 0.326 e. The monoisotopic (exact) mass is 311 g/mol. The van der Waals surface area contributed by atoms with Gasteiger partial charge in [0.25, 0.3) is 0 Å². The third-order valence-electron chi connectivity index (χ3n) is 3.30.